The molecule has 3 nitrogen and oxygen atoms in total. The highest BCUT2D eigenvalue weighted by atomic mass is 16.6. The molecule has 3 heteroatoms. The molecule has 0 spiro atoms. The number of epoxide rings is 1. The highest BCUT2D eigenvalue weighted by Crippen LogP contribution is 2.66. The highest BCUT2D eigenvalue weighted by Gasteiger charge is 2.74. The van der Waals surface area contributed by atoms with Crippen molar-refractivity contribution in [1.29, 1.82) is 0 Å². The standard InChI is InChI=1S/C15H24O3/c1-9-5-4-6-11-7-12(17)15(10(2)8-16)13(18-15)14(9,11)3/h9,11-13,16-17H,2,4-8H2,1,3H3/t9-,11+,12?,13-,14+,15+/m0/s1. The van der Waals surface area contributed by atoms with Crippen LogP contribution in [0.3, 0.4) is 0 Å². The molecule has 1 heterocycles. The van der Waals surface area contributed by atoms with Gasteiger partial charge in [0.15, 0.2) is 0 Å². The summed E-state index contributed by atoms with van der Waals surface area (Å²) in [6.45, 7) is 8.44. The molecule has 1 saturated heterocycles. The Morgan fingerprint density at radius 2 is 2.17 bits per heavy atom. The van der Waals surface area contributed by atoms with Crippen molar-refractivity contribution in [1.82, 2.24) is 0 Å². The quantitative estimate of drug-likeness (QED) is 0.583. The van der Waals surface area contributed by atoms with E-state index in [0.29, 0.717) is 17.4 Å². The Bertz CT molecular complexity index is 380. The van der Waals surface area contributed by atoms with E-state index in [1.807, 2.05) is 0 Å². The molecule has 0 bridgehead atoms. The zero-order valence-electron chi connectivity index (χ0n) is 11.4. The van der Waals surface area contributed by atoms with Crippen molar-refractivity contribution in [2.45, 2.75) is 57.3 Å². The van der Waals surface area contributed by atoms with E-state index in [9.17, 15) is 10.2 Å². The summed E-state index contributed by atoms with van der Waals surface area (Å²) >= 11 is 0. The van der Waals surface area contributed by atoms with Gasteiger partial charge in [0, 0.05) is 5.41 Å². The van der Waals surface area contributed by atoms with E-state index in [1.54, 1.807) is 0 Å². The summed E-state index contributed by atoms with van der Waals surface area (Å²) in [5, 5.41) is 19.8. The lowest BCUT2D eigenvalue weighted by Crippen LogP contribution is -2.54. The van der Waals surface area contributed by atoms with Crippen LogP contribution in [0, 0.1) is 17.3 Å². The smallest absolute Gasteiger partial charge is 0.144 e. The number of aliphatic hydroxyl groups excluding tert-OH is 2. The number of fused-ring (bicyclic) bond motifs is 3. The van der Waals surface area contributed by atoms with Crippen LogP contribution >= 0.6 is 0 Å². The number of ether oxygens (including phenoxy) is 1. The van der Waals surface area contributed by atoms with Crippen LogP contribution in [0.1, 0.15) is 39.5 Å². The Morgan fingerprint density at radius 1 is 1.44 bits per heavy atom. The van der Waals surface area contributed by atoms with E-state index in [2.05, 4.69) is 20.4 Å². The van der Waals surface area contributed by atoms with E-state index >= 15 is 0 Å². The predicted molar refractivity (Wildman–Crippen MR) is 69.1 cm³/mol. The molecule has 0 aromatic rings. The molecule has 102 valence electrons. The lowest BCUT2D eigenvalue weighted by atomic mass is 9.53. The zero-order chi connectivity index (χ0) is 13.1. The molecule has 2 aliphatic carbocycles. The van der Waals surface area contributed by atoms with Gasteiger partial charge in [-0.3, -0.25) is 0 Å². The third-order valence-electron chi connectivity index (χ3n) is 6.09. The number of hydrogen-bond donors (Lipinski definition) is 2. The molecular weight excluding hydrogens is 228 g/mol. The normalized spacial score (nSPS) is 54.4. The van der Waals surface area contributed by atoms with Crippen LogP contribution in [0.4, 0.5) is 0 Å². The van der Waals surface area contributed by atoms with Gasteiger partial charge >= 0.3 is 0 Å². The lowest BCUT2D eigenvalue weighted by Gasteiger charge is -2.50. The van der Waals surface area contributed by atoms with Gasteiger partial charge in [-0.1, -0.05) is 33.3 Å². The molecule has 2 saturated carbocycles. The maximum absolute atomic E-state index is 10.4. The van der Waals surface area contributed by atoms with E-state index in [4.69, 9.17) is 4.74 Å². The minimum atomic E-state index is -0.647. The highest BCUT2D eigenvalue weighted by molar-refractivity contribution is 5.34. The Labute approximate surface area is 109 Å². The summed E-state index contributed by atoms with van der Waals surface area (Å²) in [5.41, 5.74) is 0.138. The Hall–Kier alpha value is -0.380. The van der Waals surface area contributed by atoms with Gasteiger partial charge in [-0.05, 0) is 30.3 Å². The van der Waals surface area contributed by atoms with Crippen molar-refractivity contribution in [3.8, 4) is 0 Å². The maximum atomic E-state index is 10.4. The molecular formula is C15H24O3. The van der Waals surface area contributed by atoms with Crippen LogP contribution in [0.2, 0.25) is 0 Å². The summed E-state index contributed by atoms with van der Waals surface area (Å²) in [6.07, 6.45) is 4.04. The second-order valence-corrected chi connectivity index (χ2v) is 6.70. The van der Waals surface area contributed by atoms with E-state index < -0.39 is 11.7 Å². The topological polar surface area (TPSA) is 53.0 Å². The molecule has 18 heavy (non-hydrogen) atoms. The second-order valence-electron chi connectivity index (χ2n) is 6.70. The predicted octanol–water partition coefficient (Wildman–Crippen LogP) is 1.88. The minimum Gasteiger partial charge on any atom is -0.392 e. The fourth-order valence-electron chi connectivity index (χ4n) is 4.61. The molecule has 0 amide bonds. The number of rotatable bonds is 2. The Balaban J connectivity index is 1.95. The number of hydrogen-bond acceptors (Lipinski definition) is 3. The van der Waals surface area contributed by atoms with Gasteiger partial charge in [0.25, 0.3) is 0 Å². The molecule has 0 aromatic carbocycles. The molecule has 3 aliphatic rings. The van der Waals surface area contributed by atoms with E-state index in [0.717, 1.165) is 6.42 Å². The summed E-state index contributed by atoms with van der Waals surface area (Å²) in [6, 6.07) is 0. The van der Waals surface area contributed by atoms with Crippen LogP contribution in [0.25, 0.3) is 0 Å². The first-order valence-electron chi connectivity index (χ1n) is 7.13. The van der Waals surface area contributed by atoms with Crippen LogP contribution in [-0.2, 0) is 4.74 Å². The summed E-state index contributed by atoms with van der Waals surface area (Å²) in [5.74, 6) is 1.16. The van der Waals surface area contributed by atoms with Crippen molar-refractivity contribution in [2.75, 3.05) is 6.61 Å². The Kier molecular flexibility index (Phi) is 2.68. The minimum absolute atomic E-state index is 0.0497. The first-order chi connectivity index (χ1) is 8.47. The average molecular weight is 252 g/mol. The Morgan fingerprint density at radius 3 is 2.83 bits per heavy atom. The van der Waals surface area contributed by atoms with Crippen LogP contribution in [0.15, 0.2) is 12.2 Å². The van der Waals surface area contributed by atoms with E-state index in [1.165, 1.54) is 19.3 Å². The van der Waals surface area contributed by atoms with Crippen LogP contribution in [0.5, 0.6) is 0 Å². The third-order valence-corrected chi connectivity index (χ3v) is 6.09. The van der Waals surface area contributed by atoms with Crippen molar-refractivity contribution in [3.05, 3.63) is 12.2 Å². The third kappa shape index (κ3) is 1.30. The largest absolute Gasteiger partial charge is 0.392 e. The average Bonchev–Trinajstić information content (AvgIpc) is 3.11. The van der Waals surface area contributed by atoms with Gasteiger partial charge < -0.3 is 14.9 Å². The SMILES string of the molecule is C=C(CO)[C@]12O[C@H]1[C@@]1(C)[C@H](CCC[C@@H]1C)CC2O. The number of aliphatic hydroxyl groups is 2. The molecule has 0 aromatic heterocycles. The summed E-state index contributed by atoms with van der Waals surface area (Å²) < 4.78 is 5.96. The van der Waals surface area contributed by atoms with Crippen molar-refractivity contribution in [2.24, 2.45) is 17.3 Å². The molecule has 2 N–H and O–H groups in total. The molecule has 0 radical (unpaired) electrons. The van der Waals surface area contributed by atoms with Crippen molar-refractivity contribution < 1.29 is 14.9 Å². The molecule has 6 atom stereocenters. The van der Waals surface area contributed by atoms with Crippen LogP contribution in [-0.4, -0.2) is 34.6 Å². The van der Waals surface area contributed by atoms with Crippen molar-refractivity contribution >= 4 is 0 Å². The monoisotopic (exact) mass is 252 g/mol. The molecule has 1 unspecified atom stereocenters. The molecule has 3 fully saturated rings. The van der Waals surface area contributed by atoms with Gasteiger partial charge in [-0.15, -0.1) is 0 Å². The van der Waals surface area contributed by atoms with Crippen LogP contribution < -0.4 is 0 Å². The lowest BCUT2D eigenvalue weighted by molar-refractivity contribution is -0.0325. The van der Waals surface area contributed by atoms with Gasteiger partial charge in [-0.2, -0.15) is 0 Å². The van der Waals surface area contributed by atoms with E-state index in [-0.39, 0.29) is 18.1 Å². The van der Waals surface area contributed by atoms with Gasteiger partial charge in [0.1, 0.15) is 11.7 Å². The van der Waals surface area contributed by atoms with Gasteiger partial charge in [0.05, 0.1) is 12.7 Å². The fraction of sp³-hybridized carbons (Fsp3) is 0.867. The fourth-order valence-corrected chi connectivity index (χ4v) is 4.61. The zero-order valence-corrected chi connectivity index (χ0v) is 11.4. The molecule has 1 aliphatic heterocycles. The first-order valence-corrected chi connectivity index (χ1v) is 7.13. The summed E-state index contributed by atoms with van der Waals surface area (Å²) in [4.78, 5) is 0. The summed E-state index contributed by atoms with van der Waals surface area (Å²) in [7, 11) is 0. The van der Waals surface area contributed by atoms with Gasteiger partial charge in [0.2, 0.25) is 0 Å². The second kappa shape index (κ2) is 3.81. The molecule has 3 rings (SSSR count). The van der Waals surface area contributed by atoms with Crippen molar-refractivity contribution in [3.63, 3.8) is 0 Å². The maximum Gasteiger partial charge on any atom is 0.144 e. The first kappa shape index (κ1) is 12.6. The van der Waals surface area contributed by atoms with Gasteiger partial charge in [-0.25, -0.2) is 0 Å².